The molecule has 0 unspecified atom stereocenters. The molecule has 0 saturated carbocycles. The fraction of sp³-hybridized carbons (Fsp3) is 0.182. The van der Waals surface area contributed by atoms with Crippen LogP contribution in [0.1, 0.15) is 17.3 Å². The number of pyridine rings is 1. The second-order valence-corrected chi connectivity index (χ2v) is 3.76. The van der Waals surface area contributed by atoms with E-state index < -0.39 is 11.9 Å². The number of halogens is 1. The standard InChI is InChI=1S/C11H10FN3O2S/c1-2-17-11(16)7-6-13-15(10(7)18)9-5-3-4-8(12)14-9/h3-6,18H,2H2,1H3. The third-order valence-electron chi connectivity index (χ3n) is 2.16. The van der Waals surface area contributed by atoms with E-state index in [1.807, 2.05) is 0 Å². The Labute approximate surface area is 108 Å². The Hall–Kier alpha value is -1.89. The Bertz CT molecular complexity index is 585. The number of carbonyl (C=O) groups is 1. The molecule has 18 heavy (non-hydrogen) atoms. The molecule has 2 aromatic rings. The minimum absolute atomic E-state index is 0.214. The molecule has 5 nitrogen and oxygen atoms in total. The van der Waals surface area contributed by atoms with Crippen LogP contribution in [0.4, 0.5) is 4.39 Å². The zero-order valence-corrected chi connectivity index (χ0v) is 10.4. The highest BCUT2D eigenvalue weighted by molar-refractivity contribution is 7.80. The van der Waals surface area contributed by atoms with Crippen LogP contribution in [-0.2, 0) is 4.74 Å². The van der Waals surface area contributed by atoms with Crippen molar-refractivity contribution < 1.29 is 13.9 Å². The second-order valence-electron chi connectivity index (χ2n) is 3.33. The Morgan fingerprint density at radius 2 is 2.33 bits per heavy atom. The van der Waals surface area contributed by atoms with E-state index in [9.17, 15) is 9.18 Å². The van der Waals surface area contributed by atoms with Crippen molar-refractivity contribution in [2.75, 3.05) is 6.61 Å². The van der Waals surface area contributed by atoms with Gasteiger partial charge in [-0.3, -0.25) is 0 Å². The van der Waals surface area contributed by atoms with E-state index in [4.69, 9.17) is 4.74 Å². The molecule has 0 N–H and O–H groups in total. The van der Waals surface area contributed by atoms with Gasteiger partial charge in [-0.15, -0.1) is 12.6 Å². The minimum atomic E-state index is -0.631. The van der Waals surface area contributed by atoms with Gasteiger partial charge in [0.05, 0.1) is 12.8 Å². The zero-order valence-electron chi connectivity index (χ0n) is 9.50. The van der Waals surface area contributed by atoms with E-state index in [1.165, 1.54) is 23.0 Å². The van der Waals surface area contributed by atoms with Crippen LogP contribution < -0.4 is 0 Å². The molecule has 0 bridgehead atoms. The molecule has 0 aliphatic heterocycles. The number of ether oxygens (including phenoxy) is 1. The molecule has 2 rings (SSSR count). The topological polar surface area (TPSA) is 57.0 Å². The lowest BCUT2D eigenvalue weighted by atomic mass is 10.4. The molecule has 94 valence electrons. The fourth-order valence-electron chi connectivity index (χ4n) is 1.38. The van der Waals surface area contributed by atoms with Crippen LogP contribution in [0.25, 0.3) is 5.82 Å². The summed E-state index contributed by atoms with van der Waals surface area (Å²) >= 11 is 4.18. The van der Waals surface area contributed by atoms with Gasteiger partial charge in [0.2, 0.25) is 5.95 Å². The number of carbonyl (C=O) groups excluding carboxylic acids is 1. The van der Waals surface area contributed by atoms with Gasteiger partial charge < -0.3 is 4.74 Å². The molecular formula is C11H10FN3O2S. The first-order chi connectivity index (χ1) is 8.63. The molecule has 0 fully saturated rings. The summed E-state index contributed by atoms with van der Waals surface area (Å²) in [6.45, 7) is 1.96. The van der Waals surface area contributed by atoms with Gasteiger partial charge in [-0.1, -0.05) is 6.07 Å². The summed E-state index contributed by atoms with van der Waals surface area (Å²) in [7, 11) is 0. The quantitative estimate of drug-likeness (QED) is 0.524. The molecule has 0 amide bonds. The molecule has 0 saturated heterocycles. The van der Waals surface area contributed by atoms with Crippen LogP contribution in [0.5, 0.6) is 0 Å². The summed E-state index contributed by atoms with van der Waals surface area (Å²) in [4.78, 5) is 15.2. The molecule has 0 radical (unpaired) electrons. The van der Waals surface area contributed by atoms with Crippen LogP contribution in [0.3, 0.4) is 0 Å². The number of thiol groups is 1. The number of hydrogen-bond acceptors (Lipinski definition) is 5. The van der Waals surface area contributed by atoms with Crippen molar-refractivity contribution in [3.05, 3.63) is 35.9 Å². The van der Waals surface area contributed by atoms with Crippen LogP contribution >= 0.6 is 12.6 Å². The SMILES string of the molecule is CCOC(=O)c1cnn(-c2cccc(F)n2)c1S. The van der Waals surface area contributed by atoms with Crippen LogP contribution in [0, 0.1) is 5.95 Å². The van der Waals surface area contributed by atoms with E-state index in [0.717, 1.165) is 0 Å². The highest BCUT2D eigenvalue weighted by atomic mass is 32.1. The normalized spacial score (nSPS) is 10.4. The summed E-state index contributed by atoms with van der Waals surface area (Å²) in [6.07, 6.45) is 1.31. The molecule has 2 heterocycles. The molecule has 2 aromatic heterocycles. The largest absolute Gasteiger partial charge is 0.462 e. The molecule has 0 aliphatic carbocycles. The number of nitrogens with zero attached hydrogens (tertiary/aromatic N) is 3. The van der Waals surface area contributed by atoms with Crippen molar-refractivity contribution in [2.24, 2.45) is 0 Å². The van der Waals surface area contributed by atoms with E-state index in [2.05, 4.69) is 22.7 Å². The van der Waals surface area contributed by atoms with Gasteiger partial charge in [0.25, 0.3) is 0 Å². The van der Waals surface area contributed by atoms with Gasteiger partial charge in [0, 0.05) is 0 Å². The van der Waals surface area contributed by atoms with Gasteiger partial charge in [-0.25, -0.2) is 14.5 Å². The summed E-state index contributed by atoms with van der Waals surface area (Å²) in [5.41, 5.74) is 0.214. The first kappa shape index (κ1) is 12.6. The van der Waals surface area contributed by atoms with E-state index in [-0.39, 0.29) is 23.0 Å². The van der Waals surface area contributed by atoms with Gasteiger partial charge in [0.1, 0.15) is 10.6 Å². The van der Waals surface area contributed by atoms with Crippen molar-refractivity contribution in [1.82, 2.24) is 14.8 Å². The third kappa shape index (κ3) is 2.35. The number of hydrogen-bond donors (Lipinski definition) is 1. The first-order valence-electron chi connectivity index (χ1n) is 5.20. The van der Waals surface area contributed by atoms with E-state index in [0.29, 0.717) is 0 Å². The molecular weight excluding hydrogens is 257 g/mol. The van der Waals surface area contributed by atoms with Gasteiger partial charge >= 0.3 is 5.97 Å². The smallest absolute Gasteiger partial charge is 0.342 e. The Balaban J connectivity index is 2.39. The Kier molecular flexibility index (Phi) is 3.61. The van der Waals surface area contributed by atoms with Gasteiger partial charge in [-0.2, -0.15) is 9.49 Å². The second kappa shape index (κ2) is 5.18. The minimum Gasteiger partial charge on any atom is -0.462 e. The van der Waals surface area contributed by atoms with Crippen LogP contribution in [-0.4, -0.2) is 27.3 Å². The lowest BCUT2D eigenvalue weighted by Gasteiger charge is -2.03. The number of rotatable bonds is 3. The van der Waals surface area contributed by atoms with Crippen molar-refractivity contribution >= 4 is 18.6 Å². The maximum absolute atomic E-state index is 13.0. The first-order valence-corrected chi connectivity index (χ1v) is 5.65. The maximum Gasteiger partial charge on any atom is 0.342 e. The third-order valence-corrected chi connectivity index (χ3v) is 2.59. The number of aromatic nitrogens is 3. The molecule has 0 aromatic carbocycles. The molecule has 0 spiro atoms. The maximum atomic E-state index is 13.0. The van der Waals surface area contributed by atoms with Crippen LogP contribution in [0.2, 0.25) is 0 Å². The molecule has 7 heteroatoms. The Morgan fingerprint density at radius 3 is 3.00 bits per heavy atom. The van der Waals surface area contributed by atoms with Crippen molar-refractivity contribution in [3.63, 3.8) is 0 Å². The van der Waals surface area contributed by atoms with E-state index >= 15 is 0 Å². The van der Waals surface area contributed by atoms with Crippen molar-refractivity contribution in [2.45, 2.75) is 11.9 Å². The Morgan fingerprint density at radius 1 is 1.56 bits per heavy atom. The molecule has 0 aliphatic rings. The zero-order chi connectivity index (χ0) is 13.1. The summed E-state index contributed by atoms with van der Waals surface area (Å²) in [6, 6.07) is 4.28. The lowest BCUT2D eigenvalue weighted by Crippen LogP contribution is -2.06. The monoisotopic (exact) mass is 267 g/mol. The fourth-order valence-corrected chi connectivity index (χ4v) is 1.68. The lowest BCUT2D eigenvalue weighted by molar-refractivity contribution is 0.0522. The highest BCUT2D eigenvalue weighted by Gasteiger charge is 2.17. The number of esters is 1. The predicted molar refractivity (Wildman–Crippen MR) is 64.5 cm³/mol. The average Bonchev–Trinajstić information content (AvgIpc) is 2.71. The summed E-state index contributed by atoms with van der Waals surface area (Å²) < 4.78 is 19.1. The van der Waals surface area contributed by atoms with Gasteiger partial charge in [0.15, 0.2) is 5.82 Å². The van der Waals surface area contributed by atoms with Crippen molar-refractivity contribution in [1.29, 1.82) is 0 Å². The highest BCUT2D eigenvalue weighted by Crippen LogP contribution is 2.18. The molecule has 0 atom stereocenters. The average molecular weight is 267 g/mol. The van der Waals surface area contributed by atoms with Gasteiger partial charge in [-0.05, 0) is 19.1 Å². The van der Waals surface area contributed by atoms with E-state index in [1.54, 1.807) is 13.0 Å². The van der Waals surface area contributed by atoms with Crippen molar-refractivity contribution in [3.8, 4) is 5.82 Å². The van der Waals surface area contributed by atoms with Crippen LogP contribution in [0.15, 0.2) is 29.4 Å². The predicted octanol–water partition coefficient (Wildman–Crippen LogP) is 1.87. The summed E-state index contributed by atoms with van der Waals surface area (Å²) in [5.74, 6) is -0.908. The summed E-state index contributed by atoms with van der Waals surface area (Å²) in [5, 5.41) is 4.20.